The lowest BCUT2D eigenvalue weighted by Crippen LogP contribution is -2.49. The van der Waals surface area contributed by atoms with Gasteiger partial charge in [0.1, 0.15) is 6.04 Å². The molecule has 2 aromatic rings. The predicted octanol–water partition coefficient (Wildman–Crippen LogP) is 0.536. The first-order chi connectivity index (χ1) is 10.6. The molecule has 118 valence electrons. The van der Waals surface area contributed by atoms with Crippen LogP contribution in [0.4, 0.5) is 0 Å². The Morgan fingerprint density at radius 3 is 2.68 bits per heavy atom. The molecule has 2 atom stereocenters. The fraction of sp³-hybridized carbons (Fsp3) is 0.375. The molecule has 6 nitrogen and oxygen atoms in total. The number of hydrogen-bond acceptors (Lipinski definition) is 3. The number of carbonyl (C=O) groups is 2. The largest absolute Gasteiger partial charge is 0.361 e. The molecule has 6 heteroatoms. The minimum atomic E-state index is -0.620. The van der Waals surface area contributed by atoms with Crippen LogP contribution in [0.15, 0.2) is 30.5 Å². The van der Waals surface area contributed by atoms with Crippen molar-refractivity contribution >= 4 is 22.7 Å². The highest BCUT2D eigenvalue weighted by molar-refractivity contribution is 5.90. The number of aromatic amines is 1. The van der Waals surface area contributed by atoms with Gasteiger partial charge in [-0.25, -0.2) is 0 Å². The molecule has 0 saturated heterocycles. The Hall–Kier alpha value is -2.34. The summed E-state index contributed by atoms with van der Waals surface area (Å²) in [5, 5.41) is 6.42. The number of amides is 2. The molecule has 0 aliphatic rings. The molecule has 0 spiro atoms. The maximum atomic E-state index is 12.1. The molecule has 2 amide bonds. The van der Waals surface area contributed by atoms with Gasteiger partial charge in [0.2, 0.25) is 11.8 Å². The molecule has 0 saturated carbocycles. The zero-order valence-corrected chi connectivity index (χ0v) is 12.8. The summed E-state index contributed by atoms with van der Waals surface area (Å²) in [6.45, 7) is 1.99. The first-order valence-corrected chi connectivity index (χ1v) is 7.33. The minimum absolute atomic E-state index is 0.212. The zero-order valence-electron chi connectivity index (χ0n) is 12.8. The molecule has 0 bridgehead atoms. The Kier molecular flexibility index (Phi) is 5.16. The van der Waals surface area contributed by atoms with Gasteiger partial charge in [-0.15, -0.1) is 0 Å². The Morgan fingerprint density at radius 1 is 1.27 bits per heavy atom. The Labute approximate surface area is 129 Å². The summed E-state index contributed by atoms with van der Waals surface area (Å²) in [4.78, 5) is 27.2. The van der Waals surface area contributed by atoms with Gasteiger partial charge in [-0.1, -0.05) is 25.1 Å². The second-order valence-electron chi connectivity index (χ2n) is 5.38. The SMILES string of the molecule is CNC(=O)[C@H](Cc1c[nH]c2ccccc12)NC(=O)C(C)CN. The summed E-state index contributed by atoms with van der Waals surface area (Å²) in [5.74, 6) is -0.756. The van der Waals surface area contributed by atoms with Crippen LogP contribution in [0, 0.1) is 5.92 Å². The zero-order chi connectivity index (χ0) is 16.1. The minimum Gasteiger partial charge on any atom is -0.361 e. The van der Waals surface area contributed by atoms with Crippen molar-refractivity contribution in [3.8, 4) is 0 Å². The van der Waals surface area contributed by atoms with Gasteiger partial charge in [0.25, 0.3) is 0 Å². The Bertz CT molecular complexity index is 665. The molecule has 2 rings (SSSR count). The van der Waals surface area contributed by atoms with E-state index in [9.17, 15) is 9.59 Å². The van der Waals surface area contributed by atoms with Crippen LogP contribution in [-0.2, 0) is 16.0 Å². The van der Waals surface area contributed by atoms with E-state index in [2.05, 4.69) is 15.6 Å². The summed E-state index contributed by atoms with van der Waals surface area (Å²) >= 11 is 0. The van der Waals surface area contributed by atoms with Gasteiger partial charge >= 0.3 is 0 Å². The molecule has 0 aliphatic heterocycles. The van der Waals surface area contributed by atoms with Crippen molar-refractivity contribution in [3.05, 3.63) is 36.0 Å². The van der Waals surface area contributed by atoms with Crippen LogP contribution in [0.2, 0.25) is 0 Å². The maximum absolute atomic E-state index is 12.1. The third-order valence-corrected chi connectivity index (χ3v) is 3.78. The summed E-state index contributed by atoms with van der Waals surface area (Å²) in [6.07, 6.45) is 2.30. The van der Waals surface area contributed by atoms with Crippen LogP contribution in [-0.4, -0.2) is 36.4 Å². The van der Waals surface area contributed by atoms with E-state index >= 15 is 0 Å². The lowest BCUT2D eigenvalue weighted by atomic mass is 10.0. The molecular formula is C16H22N4O2. The number of aromatic nitrogens is 1. The normalized spacial score (nSPS) is 13.6. The van der Waals surface area contributed by atoms with Gasteiger partial charge in [-0.05, 0) is 11.6 Å². The van der Waals surface area contributed by atoms with E-state index < -0.39 is 6.04 Å². The summed E-state index contributed by atoms with van der Waals surface area (Å²) in [6, 6.07) is 7.24. The second kappa shape index (κ2) is 7.09. The van der Waals surface area contributed by atoms with Crippen LogP contribution >= 0.6 is 0 Å². The molecule has 0 radical (unpaired) electrons. The van der Waals surface area contributed by atoms with Crippen molar-refractivity contribution in [1.29, 1.82) is 0 Å². The number of para-hydroxylation sites is 1. The number of H-pyrrole nitrogens is 1. The van der Waals surface area contributed by atoms with Gasteiger partial charge in [0.15, 0.2) is 0 Å². The third-order valence-electron chi connectivity index (χ3n) is 3.78. The first-order valence-electron chi connectivity index (χ1n) is 7.33. The first kappa shape index (κ1) is 16.0. The number of fused-ring (bicyclic) bond motifs is 1. The lowest BCUT2D eigenvalue weighted by Gasteiger charge is -2.19. The van der Waals surface area contributed by atoms with Crippen LogP contribution in [0.1, 0.15) is 12.5 Å². The van der Waals surface area contributed by atoms with Crippen molar-refractivity contribution in [1.82, 2.24) is 15.6 Å². The molecule has 22 heavy (non-hydrogen) atoms. The highest BCUT2D eigenvalue weighted by atomic mass is 16.2. The smallest absolute Gasteiger partial charge is 0.242 e. The molecule has 0 fully saturated rings. The Morgan fingerprint density at radius 2 is 2.00 bits per heavy atom. The van der Waals surface area contributed by atoms with Crippen molar-refractivity contribution in [2.24, 2.45) is 11.7 Å². The van der Waals surface area contributed by atoms with E-state index in [0.717, 1.165) is 16.5 Å². The van der Waals surface area contributed by atoms with Gasteiger partial charge in [0.05, 0.1) is 0 Å². The Balaban J connectivity index is 2.19. The standard InChI is InChI=1S/C16H22N4O2/c1-10(8-17)15(21)20-14(16(22)18-2)7-11-9-19-13-6-4-3-5-12(11)13/h3-6,9-10,14,19H,7-8,17H2,1-2H3,(H,18,22)(H,20,21)/t10?,14-/m0/s1. The number of hydrogen-bond donors (Lipinski definition) is 4. The van der Waals surface area contributed by atoms with E-state index in [1.807, 2.05) is 30.5 Å². The van der Waals surface area contributed by atoms with Crippen LogP contribution in [0.5, 0.6) is 0 Å². The lowest BCUT2D eigenvalue weighted by molar-refractivity contribution is -0.130. The second-order valence-corrected chi connectivity index (χ2v) is 5.38. The average molecular weight is 302 g/mol. The number of carbonyl (C=O) groups excluding carboxylic acids is 2. The van der Waals surface area contributed by atoms with Crippen molar-refractivity contribution in [3.63, 3.8) is 0 Å². The van der Waals surface area contributed by atoms with Gasteiger partial charge < -0.3 is 21.4 Å². The maximum Gasteiger partial charge on any atom is 0.242 e. The number of nitrogens with one attached hydrogen (secondary N) is 3. The highest BCUT2D eigenvalue weighted by Gasteiger charge is 2.23. The van der Waals surface area contributed by atoms with Gasteiger partial charge in [0, 0.05) is 43.0 Å². The van der Waals surface area contributed by atoms with E-state index in [0.29, 0.717) is 6.42 Å². The van der Waals surface area contributed by atoms with E-state index in [1.165, 1.54) is 0 Å². The monoisotopic (exact) mass is 302 g/mol. The van der Waals surface area contributed by atoms with Crippen molar-refractivity contribution in [2.75, 3.05) is 13.6 Å². The van der Waals surface area contributed by atoms with Crippen molar-refractivity contribution < 1.29 is 9.59 Å². The topological polar surface area (TPSA) is 100 Å². The molecule has 1 aromatic carbocycles. The highest BCUT2D eigenvalue weighted by Crippen LogP contribution is 2.19. The summed E-state index contributed by atoms with van der Waals surface area (Å²) in [5.41, 5.74) is 7.50. The van der Waals surface area contributed by atoms with Gasteiger partial charge in [-0.3, -0.25) is 9.59 Å². The molecule has 1 heterocycles. The average Bonchev–Trinajstić information content (AvgIpc) is 2.95. The quantitative estimate of drug-likeness (QED) is 0.626. The molecule has 1 unspecified atom stereocenters. The van der Waals surface area contributed by atoms with Crippen LogP contribution in [0.25, 0.3) is 10.9 Å². The molecule has 5 N–H and O–H groups in total. The summed E-state index contributed by atoms with van der Waals surface area (Å²) in [7, 11) is 1.56. The fourth-order valence-corrected chi connectivity index (χ4v) is 2.32. The van der Waals surface area contributed by atoms with E-state index in [-0.39, 0.29) is 24.3 Å². The number of likely N-dealkylation sites (N-methyl/N-ethyl adjacent to an activating group) is 1. The molecule has 0 aliphatic carbocycles. The number of rotatable bonds is 6. The van der Waals surface area contributed by atoms with Gasteiger partial charge in [-0.2, -0.15) is 0 Å². The number of benzene rings is 1. The summed E-state index contributed by atoms with van der Waals surface area (Å²) < 4.78 is 0. The molecular weight excluding hydrogens is 280 g/mol. The van der Waals surface area contributed by atoms with Crippen LogP contribution < -0.4 is 16.4 Å². The van der Waals surface area contributed by atoms with Crippen molar-refractivity contribution in [2.45, 2.75) is 19.4 Å². The van der Waals surface area contributed by atoms with Crippen LogP contribution in [0.3, 0.4) is 0 Å². The molecule has 1 aromatic heterocycles. The number of nitrogens with two attached hydrogens (primary N) is 1. The fourth-order valence-electron chi connectivity index (χ4n) is 2.32. The predicted molar refractivity (Wildman–Crippen MR) is 86.2 cm³/mol. The third kappa shape index (κ3) is 3.46. The van der Waals surface area contributed by atoms with E-state index in [1.54, 1.807) is 14.0 Å². The van der Waals surface area contributed by atoms with E-state index in [4.69, 9.17) is 5.73 Å².